The van der Waals surface area contributed by atoms with Gasteiger partial charge in [0.05, 0.1) is 24.0 Å². The van der Waals surface area contributed by atoms with Crippen LogP contribution in [-0.4, -0.2) is 77.8 Å². The Morgan fingerprint density at radius 3 is 2.13 bits per heavy atom. The Balaban J connectivity index is 1.43. The van der Waals surface area contributed by atoms with E-state index in [9.17, 15) is 19.5 Å². The molecule has 2 fully saturated rings. The van der Waals surface area contributed by atoms with Crippen molar-refractivity contribution in [3.63, 3.8) is 0 Å². The van der Waals surface area contributed by atoms with E-state index in [0.717, 1.165) is 0 Å². The Labute approximate surface area is 269 Å². The minimum absolute atomic E-state index is 0.0579. The van der Waals surface area contributed by atoms with Crippen LogP contribution >= 0.6 is 11.6 Å². The number of unbranched alkanes of at least 4 members (excludes halogenated alkanes) is 2. The normalized spacial score (nSPS) is 29.0. The van der Waals surface area contributed by atoms with Gasteiger partial charge >= 0.3 is 0 Å². The minimum atomic E-state index is -1.34. The average Bonchev–Trinajstić information content (AvgIpc) is 3.32. The summed E-state index contributed by atoms with van der Waals surface area (Å²) in [4.78, 5) is 49.0. The van der Waals surface area contributed by atoms with Gasteiger partial charge in [-0.05, 0) is 81.1 Å². The number of hydrogen-bond acceptors (Lipinski definition) is 6. The maximum Gasteiger partial charge on any atom is 0.253 e. The van der Waals surface area contributed by atoms with Gasteiger partial charge in [-0.2, -0.15) is 0 Å². The Morgan fingerprint density at radius 1 is 0.844 bits per heavy atom. The number of amides is 3. The van der Waals surface area contributed by atoms with E-state index in [0.29, 0.717) is 67.5 Å². The lowest BCUT2D eigenvalue weighted by Gasteiger charge is -2.38. The van der Waals surface area contributed by atoms with Crippen molar-refractivity contribution in [3.05, 3.63) is 77.9 Å². The van der Waals surface area contributed by atoms with E-state index in [4.69, 9.17) is 21.1 Å². The molecule has 0 bridgehead atoms. The largest absolute Gasteiger partial charge is 0.494 e. The van der Waals surface area contributed by atoms with Crippen molar-refractivity contribution < 1.29 is 29.0 Å². The fourth-order valence-corrected chi connectivity index (χ4v) is 7.67. The summed E-state index contributed by atoms with van der Waals surface area (Å²) in [6.07, 6.45) is 9.99. The Kier molecular flexibility index (Phi) is 8.78. The summed E-state index contributed by atoms with van der Waals surface area (Å²) in [6, 6.07) is 13.5. The standard InChI is InChI=1S/C35H40ClN3O6/c1-3-34-18-8-21-37(26-14-16-27(17-15-26)44-4-2)31(41)28(34)29-32(42)39(20-6-5-7-23-40)30-33(43)38(22-9-19-35(29,30)45-34)25-12-10-24(36)11-13-25/h8-19,28-30,40H,3-7,20-23H2,1-2H3/t28-,29-,30?,34+,35-/m0/s1. The monoisotopic (exact) mass is 633 g/mol. The van der Waals surface area contributed by atoms with Gasteiger partial charge in [0, 0.05) is 42.6 Å². The van der Waals surface area contributed by atoms with Gasteiger partial charge in [0.2, 0.25) is 11.8 Å². The van der Waals surface area contributed by atoms with Gasteiger partial charge in [0.15, 0.2) is 0 Å². The van der Waals surface area contributed by atoms with Gasteiger partial charge in [-0.3, -0.25) is 14.4 Å². The highest BCUT2D eigenvalue weighted by molar-refractivity contribution is 6.30. The molecule has 0 saturated carbocycles. The van der Waals surface area contributed by atoms with E-state index in [1.807, 2.05) is 62.4 Å². The summed E-state index contributed by atoms with van der Waals surface area (Å²) in [5.74, 6) is -1.75. The number of carbonyl (C=O) groups excluding carboxylic acids is 3. The first-order valence-electron chi connectivity index (χ1n) is 15.9. The van der Waals surface area contributed by atoms with Crippen molar-refractivity contribution in [1.29, 1.82) is 0 Å². The summed E-state index contributed by atoms with van der Waals surface area (Å²) < 4.78 is 12.7. The highest BCUT2D eigenvalue weighted by Gasteiger charge is 2.75. The highest BCUT2D eigenvalue weighted by atomic mass is 35.5. The SMILES string of the molecule is CCOc1ccc(N2CC=C[C@@]3(CC)O[C@]45C=CCN(c6ccc(Cl)cc6)C(=O)C4N(CCCCCO)C(=O)[C@@H]5[C@H]3C2=O)cc1. The van der Waals surface area contributed by atoms with Crippen molar-refractivity contribution in [2.45, 2.75) is 56.8 Å². The maximum atomic E-state index is 14.7. The molecule has 10 heteroatoms. The molecule has 4 heterocycles. The van der Waals surface area contributed by atoms with E-state index >= 15 is 0 Å². The van der Waals surface area contributed by atoms with Crippen LogP contribution in [0.3, 0.4) is 0 Å². The van der Waals surface area contributed by atoms with Gasteiger partial charge in [-0.25, -0.2) is 0 Å². The number of hydrogen-bond donors (Lipinski definition) is 1. The van der Waals surface area contributed by atoms with Crippen LogP contribution in [0.2, 0.25) is 5.02 Å². The first kappa shape index (κ1) is 31.3. The van der Waals surface area contributed by atoms with Crippen LogP contribution in [0.4, 0.5) is 11.4 Å². The topological polar surface area (TPSA) is 99.6 Å². The van der Waals surface area contributed by atoms with Crippen molar-refractivity contribution >= 4 is 40.7 Å². The summed E-state index contributed by atoms with van der Waals surface area (Å²) in [7, 11) is 0. The number of halogens is 1. The van der Waals surface area contributed by atoms with Crippen molar-refractivity contribution in [2.75, 3.05) is 42.6 Å². The third-order valence-corrected chi connectivity index (χ3v) is 9.85. The lowest BCUT2D eigenvalue weighted by atomic mass is 9.73. The summed E-state index contributed by atoms with van der Waals surface area (Å²) in [5, 5.41) is 9.91. The minimum Gasteiger partial charge on any atom is -0.494 e. The molecule has 0 aromatic heterocycles. The quantitative estimate of drug-likeness (QED) is 0.299. The van der Waals surface area contributed by atoms with Crippen molar-refractivity contribution in [1.82, 2.24) is 4.90 Å². The van der Waals surface area contributed by atoms with Crippen LogP contribution in [0, 0.1) is 11.8 Å². The van der Waals surface area contributed by atoms with Gasteiger partial charge in [0.1, 0.15) is 17.4 Å². The second-order valence-electron chi connectivity index (χ2n) is 12.0. The van der Waals surface area contributed by atoms with Crippen molar-refractivity contribution in [2.24, 2.45) is 11.8 Å². The molecule has 238 valence electrons. The molecule has 5 atom stereocenters. The Morgan fingerprint density at radius 2 is 1.49 bits per heavy atom. The molecule has 0 aliphatic carbocycles. The smallest absolute Gasteiger partial charge is 0.253 e. The highest BCUT2D eigenvalue weighted by Crippen LogP contribution is 2.59. The van der Waals surface area contributed by atoms with E-state index < -0.39 is 29.1 Å². The first-order chi connectivity index (χ1) is 21.8. The molecule has 4 aliphatic heterocycles. The molecule has 2 saturated heterocycles. The molecule has 1 spiro atoms. The molecule has 4 aliphatic rings. The number of nitrogens with zero attached hydrogens (tertiary/aromatic N) is 3. The van der Waals surface area contributed by atoms with Crippen LogP contribution in [0.25, 0.3) is 0 Å². The maximum absolute atomic E-state index is 14.7. The lowest BCUT2D eigenvalue weighted by molar-refractivity contribution is -0.145. The second-order valence-corrected chi connectivity index (χ2v) is 12.5. The van der Waals surface area contributed by atoms with Crippen LogP contribution in [0.5, 0.6) is 5.75 Å². The number of rotatable bonds is 10. The number of carbonyl (C=O) groups is 3. The number of likely N-dealkylation sites (tertiary alicyclic amines) is 1. The number of benzene rings is 2. The molecule has 1 N–H and O–H groups in total. The third-order valence-electron chi connectivity index (χ3n) is 9.59. The Bertz CT molecular complexity index is 1490. The molecular formula is C35H40ClN3O6. The number of ether oxygens (including phenoxy) is 2. The van der Waals surface area contributed by atoms with E-state index in [1.54, 1.807) is 39.0 Å². The lowest BCUT2D eigenvalue weighted by Crippen LogP contribution is -2.56. The van der Waals surface area contributed by atoms with Gasteiger partial charge < -0.3 is 29.3 Å². The molecule has 0 radical (unpaired) electrons. The molecule has 6 rings (SSSR count). The number of aliphatic hydroxyl groups is 1. The number of aliphatic hydroxyl groups excluding tert-OH is 1. The van der Waals surface area contributed by atoms with Gasteiger partial charge in [-0.1, -0.05) is 42.8 Å². The molecule has 3 amide bonds. The number of fused-ring (bicyclic) bond motifs is 2. The molecule has 2 aromatic carbocycles. The molecular weight excluding hydrogens is 594 g/mol. The zero-order valence-corrected chi connectivity index (χ0v) is 26.5. The Hall–Kier alpha value is -3.66. The fourth-order valence-electron chi connectivity index (χ4n) is 7.54. The third kappa shape index (κ3) is 5.24. The van der Waals surface area contributed by atoms with Gasteiger partial charge in [-0.15, -0.1) is 0 Å². The van der Waals surface area contributed by atoms with Crippen LogP contribution in [0.15, 0.2) is 72.8 Å². The van der Waals surface area contributed by atoms with Crippen LogP contribution in [0.1, 0.15) is 39.5 Å². The van der Waals surface area contributed by atoms with E-state index in [1.165, 1.54) is 0 Å². The van der Waals surface area contributed by atoms with Gasteiger partial charge in [0.25, 0.3) is 5.91 Å². The summed E-state index contributed by atoms with van der Waals surface area (Å²) in [6.45, 7) is 5.40. The molecule has 9 nitrogen and oxygen atoms in total. The molecule has 2 aromatic rings. The molecule has 1 unspecified atom stereocenters. The summed E-state index contributed by atoms with van der Waals surface area (Å²) in [5.41, 5.74) is -1.05. The van der Waals surface area contributed by atoms with Crippen LogP contribution < -0.4 is 14.5 Å². The molecule has 45 heavy (non-hydrogen) atoms. The predicted molar refractivity (Wildman–Crippen MR) is 172 cm³/mol. The fraction of sp³-hybridized carbons (Fsp3) is 0.457. The first-order valence-corrected chi connectivity index (χ1v) is 16.3. The predicted octanol–water partition coefficient (Wildman–Crippen LogP) is 4.77. The van der Waals surface area contributed by atoms with E-state index in [2.05, 4.69) is 0 Å². The van der Waals surface area contributed by atoms with Crippen LogP contribution in [-0.2, 0) is 19.1 Å². The average molecular weight is 634 g/mol. The second kappa shape index (κ2) is 12.6. The number of anilines is 2. The van der Waals surface area contributed by atoms with E-state index in [-0.39, 0.29) is 30.9 Å². The summed E-state index contributed by atoms with van der Waals surface area (Å²) >= 11 is 6.15. The van der Waals surface area contributed by atoms with Crippen molar-refractivity contribution in [3.8, 4) is 5.75 Å². The zero-order valence-electron chi connectivity index (χ0n) is 25.7. The zero-order chi connectivity index (χ0) is 31.8.